The van der Waals surface area contributed by atoms with Gasteiger partial charge in [-0.2, -0.15) is 0 Å². The number of hydrogen-bond donors (Lipinski definition) is 1. The SMILES string of the molecule is CC(CN(CCN(C)C)c1cccc2ccccc12)C(=O)O. The molecular formula is C18H24N2O2. The van der Waals surface area contributed by atoms with Crippen molar-refractivity contribution in [3.8, 4) is 0 Å². The van der Waals surface area contributed by atoms with E-state index >= 15 is 0 Å². The summed E-state index contributed by atoms with van der Waals surface area (Å²) < 4.78 is 0. The Morgan fingerprint density at radius 3 is 2.45 bits per heavy atom. The fourth-order valence-corrected chi connectivity index (χ4v) is 2.52. The highest BCUT2D eigenvalue weighted by Crippen LogP contribution is 2.27. The predicted octanol–water partition coefficient (Wildman–Crippen LogP) is 2.93. The van der Waals surface area contributed by atoms with Gasteiger partial charge in [0.1, 0.15) is 0 Å². The van der Waals surface area contributed by atoms with Crippen molar-refractivity contribution in [3.63, 3.8) is 0 Å². The quantitative estimate of drug-likeness (QED) is 0.854. The lowest BCUT2D eigenvalue weighted by atomic mass is 10.1. The zero-order chi connectivity index (χ0) is 16.1. The van der Waals surface area contributed by atoms with E-state index in [4.69, 9.17) is 0 Å². The molecule has 1 unspecified atom stereocenters. The van der Waals surface area contributed by atoms with Crippen LogP contribution in [0.2, 0.25) is 0 Å². The Bertz CT molecular complexity index is 635. The van der Waals surface area contributed by atoms with Gasteiger partial charge in [-0.25, -0.2) is 0 Å². The summed E-state index contributed by atoms with van der Waals surface area (Å²) in [6, 6.07) is 14.4. The first kappa shape index (κ1) is 16.3. The predicted molar refractivity (Wildman–Crippen MR) is 91.5 cm³/mol. The van der Waals surface area contributed by atoms with E-state index in [1.807, 2.05) is 32.3 Å². The second-order valence-electron chi connectivity index (χ2n) is 5.99. The van der Waals surface area contributed by atoms with Gasteiger partial charge < -0.3 is 14.9 Å². The van der Waals surface area contributed by atoms with Gasteiger partial charge in [-0.1, -0.05) is 43.3 Å². The summed E-state index contributed by atoms with van der Waals surface area (Å²) in [4.78, 5) is 15.5. The molecular weight excluding hydrogens is 276 g/mol. The molecule has 0 aromatic heterocycles. The lowest BCUT2D eigenvalue weighted by Crippen LogP contribution is -2.36. The van der Waals surface area contributed by atoms with Crippen LogP contribution in [0.5, 0.6) is 0 Å². The molecule has 1 N–H and O–H groups in total. The van der Waals surface area contributed by atoms with Crippen molar-refractivity contribution in [2.75, 3.05) is 38.6 Å². The average Bonchev–Trinajstić information content (AvgIpc) is 2.50. The van der Waals surface area contributed by atoms with Gasteiger partial charge in [0.25, 0.3) is 0 Å². The van der Waals surface area contributed by atoms with E-state index in [1.54, 1.807) is 6.92 Å². The fourth-order valence-electron chi connectivity index (χ4n) is 2.52. The van der Waals surface area contributed by atoms with Crippen molar-refractivity contribution < 1.29 is 9.90 Å². The Balaban J connectivity index is 2.35. The first-order chi connectivity index (χ1) is 10.5. The minimum atomic E-state index is -0.755. The second-order valence-corrected chi connectivity index (χ2v) is 5.99. The van der Waals surface area contributed by atoms with E-state index in [1.165, 1.54) is 10.8 Å². The second kappa shape index (κ2) is 7.27. The van der Waals surface area contributed by atoms with Crippen LogP contribution in [-0.4, -0.2) is 49.7 Å². The monoisotopic (exact) mass is 300 g/mol. The number of hydrogen-bond acceptors (Lipinski definition) is 3. The van der Waals surface area contributed by atoms with E-state index in [9.17, 15) is 9.90 Å². The minimum Gasteiger partial charge on any atom is -0.481 e. The van der Waals surface area contributed by atoms with Crippen LogP contribution in [0.15, 0.2) is 42.5 Å². The molecule has 1 atom stereocenters. The van der Waals surface area contributed by atoms with Crippen molar-refractivity contribution in [1.82, 2.24) is 4.90 Å². The Labute approximate surface area is 132 Å². The minimum absolute atomic E-state index is 0.402. The normalized spacial score (nSPS) is 12.5. The lowest BCUT2D eigenvalue weighted by Gasteiger charge is -2.29. The van der Waals surface area contributed by atoms with Crippen LogP contribution in [-0.2, 0) is 4.79 Å². The van der Waals surface area contributed by atoms with E-state index in [-0.39, 0.29) is 0 Å². The molecule has 2 aromatic rings. The van der Waals surface area contributed by atoms with Gasteiger partial charge in [-0.05, 0) is 25.5 Å². The standard InChI is InChI=1S/C18H24N2O2/c1-14(18(21)22)13-20(12-11-19(2)3)17-10-6-8-15-7-4-5-9-16(15)17/h4-10,14H,11-13H2,1-3H3,(H,21,22). The Morgan fingerprint density at radius 2 is 1.77 bits per heavy atom. The van der Waals surface area contributed by atoms with Crippen LogP contribution in [0.3, 0.4) is 0 Å². The first-order valence-corrected chi connectivity index (χ1v) is 7.59. The van der Waals surface area contributed by atoms with Crippen molar-refractivity contribution in [3.05, 3.63) is 42.5 Å². The summed E-state index contributed by atoms with van der Waals surface area (Å²) in [6.45, 7) is 3.96. The van der Waals surface area contributed by atoms with Gasteiger partial charge in [0.15, 0.2) is 0 Å². The maximum absolute atomic E-state index is 11.2. The average molecular weight is 300 g/mol. The number of carboxylic acids is 1. The van der Waals surface area contributed by atoms with Crippen molar-refractivity contribution in [2.24, 2.45) is 5.92 Å². The zero-order valence-electron chi connectivity index (χ0n) is 13.5. The smallest absolute Gasteiger partial charge is 0.308 e. The van der Waals surface area contributed by atoms with Crippen LogP contribution in [0.25, 0.3) is 10.8 Å². The third-order valence-corrected chi connectivity index (χ3v) is 3.84. The van der Waals surface area contributed by atoms with Gasteiger partial charge in [0.2, 0.25) is 0 Å². The molecule has 0 bridgehead atoms. The molecule has 0 saturated heterocycles. The maximum atomic E-state index is 11.2. The highest BCUT2D eigenvalue weighted by Gasteiger charge is 2.18. The molecule has 4 nitrogen and oxygen atoms in total. The summed E-state index contributed by atoms with van der Waals surface area (Å²) in [5, 5.41) is 11.6. The molecule has 0 aliphatic heterocycles. The molecule has 22 heavy (non-hydrogen) atoms. The molecule has 0 aliphatic rings. The van der Waals surface area contributed by atoms with E-state index in [2.05, 4.69) is 34.1 Å². The van der Waals surface area contributed by atoms with E-state index in [0.29, 0.717) is 6.54 Å². The Kier molecular flexibility index (Phi) is 5.39. The maximum Gasteiger partial charge on any atom is 0.308 e. The van der Waals surface area contributed by atoms with E-state index in [0.717, 1.165) is 18.8 Å². The van der Waals surface area contributed by atoms with Gasteiger partial charge in [-0.3, -0.25) is 4.79 Å². The molecule has 2 aromatic carbocycles. The number of benzene rings is 2. The molecule has 0 heterocycles. The van der Waals surface area contributed by atoms with Crippen molar-refractivity contribution >= 4 is 22.4 Å². The molecule has 0 aliphatic carbocycles. The molecule has 2 rings (SSSR count). The Morgan fingerprint density at radius 1 is 1.09 bits per heavy atom. The van der Waals surface area contributed by atoms with Crippen LogP contribution in [0.1, 0.15) is 6.92 Å². The summed E-state index contributed by atoms with van der Waals surface area (Å²) in [7, 11) is 4.06. The third-order valence-electron chi connectivity index (χ3n) is 3.84. The van der Waals surface area contributed by atoms with Gasteiger partial charge in [0, 0.05) is 30.7 Å². The summed E-state index contributed by atoms with van der Waals surface area (Å²) in [6.07, 6.45) is 0. The number of likely N-dealkylation sites (N-methyl/N-ethyl adjacent to an activating group) is 1. The molecule has 0 radical (unpaired) electrons. The number of carbonyl (C=O) groups is 1. The molecule has 0 saturated carbocycles. The summed E-state index contributed by atoms with van der Waals surface area (Å²) >= 11 is 0. The summed E-state index contributed by atoms with van der Waals surface area (Å²) in [5.74, 6) is -1.16. The van der Waals surface area contributed by atoms with Gasteiger partial charge >= 0.3 is 5.97 Å². The lowest BCUT2D eigenvalue weighted by molar-refractivity contribution is -0.140. The Hall–Kier alpha value is -2.07. The van der Waals surface area contributed by atoms with Crippen LogP contribution in [0, 0.1) is 5.92 Å². The topological polar surface area (TPSA) is 43.8 Å². The molecule has 0 amide bonds. The molecule has 0 spiro atoms. The number of carboxylic acid groups (broad SMARTS) is 1. The molecule has 118 valence electrons. The first-order valence-electron chi connectivity index (χ1n) is 7.59. The van der Waals surface area contributed by atoms with Gasteiger partial charge in [0.05, 0.1) is 5.92 Å². The number of aliphatic carboxylic acids is 1. The number of anilines is 1. The van der Waals surface area contributed by atoms with E-state index < -0.39 is 11.9 Å². The number of nitrogens with zero attached hydrogens (tertiary/aromatic N) is 2. The largest absolute Gasteiger partial charge is 0.481 e. The van der Waals surface area contributed by atoms with Crippen molar-refractivity contribution in [2.45, 2.75) is 6.92 Å². The number of fused-ring (bicyclic) bond motifs is 1. The highest BCUT2D eigenvalue weighted by molar-refractivity contribution is 5.94. The van der Waals surface area contributed by atoms with Crippen LogP contribution >= 0.6 is 0 Å². The fraction of sp³-hybridized carbons (Fsp3) is 0.389. The van der Waals surface area contributed by atoms with Crippen LogP contribution < -0.4 is 4.90 Å². The molecule has 0 fully saturated rings. The zero-order valence-corrected chi connectivity index (χ0v) is 13.5. The highest BCUT2D eigenvalue weighted by atomic mass is 16.4. The third kappa shape index (κ3) is 3.98. The number of rotatable bonds is 7. The van der Waals surface area contributed by atoms with Gasteiger partial charge in [-0.15, -0.1) is 0 Å². The summed E-state index contributed by atoms with van der Waals surface area (Å²) in [5.41, 5.74) is 1.10. The molecule has 4 heteroatoms. The van der Waals surface area contributed by atoms with Crippen molar-refractivity contribution in [1.29, 1.82) is 0 Å². The van der Waals surface area contributed by atoms with Crippen LogP contribution in [0.4, 0.5) is 5.69 Å².